The summed E-state index contributed by atoms with van der Waals surface area (Å²) in [5, 5.41) is 7.65. The van der Waals surface area contributed by atoms with Crippen LogP contribution >= 0.6 is 0 Å². The van der Waals surface area contributed by atoms with Crippen LogP contribution in [-0.4, -0.2) is 20.4 Å². The van der Waals surface area contributed by atoms with Gasteiger partial charge in [0.2, 0.25) is 0 Å². The highest BCUT2D eigenvalue weighted by Crippen LogP contribution is 2.06. The minimum absolute atomic E-state index is 0.520. The van der Waals surface area contributed by atoms with Crippen molar-refractivity contribution in [3.05, 3.63) is 42.0 Å². The summed E-state index contributed by atoms with van der Waals surface area (Å²) in [5.74, 6) is 0. The molecule has 0 radical (unpaired) electrons. The molecule has 1 N–H and O–H groups in total. The van der Waals surface area contributed by atoms with Crippen LogP contribution in [-0.2, 0) is 26.6 Å². The molecular formula is C14H22N4. The molecule has 4 heteroatoms. The second-order valence-electron chi connectivity index (χ2n) is 5.00. The highest BCUT2D eigenvalue weighted by molar-refractivity contribution is 5.09. The zero-order chi connectivity index (χ0) is 13.0. The predicted octanol–water partition coefficient (Wildman–Crippen LogP) is 1.96. The SMILES string of the molecule is CC(C)NCc1cccn1CCc1cnn(C)c1. The van der Waals surface area contributed by atoms with Crippen LogP contribution in [0.15, 0.2) is 30.7 Å². The van der Waals surface area contributed by atoms with Crippen molar-refractivity contribution >= 4 is 0 Å². The molecule has 0 unspecified atom stereocenters. The van der Waals surface area contributed by atoms with Crippen LogP contribution in [0.5, 0.6) is 0 Å². The largest absolute Gasteiger partial charge is 0.350 e. The van der Waals surface area contributed by atoms with E-state index >= 15 is 0 Å². The summed E-state index contributed by atoms with van der Waals surface area (Å²) in [6.07, 6.45) is 7.19. The first-order valence-electron chi connectivity index (χ1n) is 6.50. The van der Waals surface area contributed by atoms with Gasteiger partial charge in [-0.3, -0.25) is 4.68 Å². The van der Waals surface area contributed by atoms with Crippen molar-refractivity contribution in [3.63, 3.8) is 0 Å². The second kappa shape index (κ2) is 5.87. The van der Waals surface area contributed by atoms with E-state index in [-0.39, 0.29) is 0 Å². The van der Waals surface area contributed by atoms with Crippen LogP contribution < -0.4 is 5.32 Å². The van der Waals surface area contributed by atoms with E-state index in [4.69, 9.17) is 0 Å². The first-order chi connectivity index (χ1) is 8.65. The molecule has 2 aromatic heterocycles. The lowest BCUT2D eigenvalue weighted by Crippen LogP contribution is -2.23. The van der Waals surface area contributed by atoms with Crippen molar-refractivity contribution in [3.8, 4) is 0 Å². The van der Waals surface area contributed by atoms with Crippen molar-refractivity contribution in [2.24, 2.45) is 7.05 Å². The van der Waals surface area contributed by atoms with Crippen LogP contribution in [0.25, 0.3) is 0 Å². The third-order valence-corrected chi connectivity index (χ3v) is 3.01. The lowest BCUT2D eigenvalue weighted by atomic mass is 10.2. The molecule has 4 nitrogen and oxygen atoms in total. The van der Waals surface area contributed by atoms with Gasteiger partial charge in [0.15, 0.2) is 0 Å². The fraction of sp³-hybridized carbons (Fsp3) is 0.500. The highest BCUT2D eigenvalue weighted by atomic mass is 15.2. The standard InChI is InChI=1S/C14H22N4/c1-12(2)15-10-14-5-4-7-18(14)8-6-13-9-16-17(3)11-13/h4-5,7,9,11-12,15H,6,8,10H2,1-3H3. The molecule has 0 atom stereocenters. The number of nitrogens with zero attached hydrogens (tertiary/aromatic N) is 3. The van der Waals surface area contributed by atoms with E-state index in [1.165, 1.54) is 11.3 Å². The van der Waals surface area contributed by atoms with E-state index in [1.807, 2.05) is 17.9 Å². The smallest absolute Gasteiger partial charge is 0.0522 e. The van der Waals surface area contributed by atoms with Gasteiger partial charge in [0, 0.05) is 44.3 Å². The molecular weight excluding hydrogens is 224 g/mol. The summed E-state index contributed by atoms with van der Waals surface area (Å²) in [5.41, 5.74) is 2.63. The Morgan fingerprint density at radius 1 is 1.39 bits per heavy atom. The van der Waals surface area contributed by atoms with E-state index in [0.717, 1.165) is 19.5 Å². The van der Waals surface area contributed by atoms with Gasteiger partial charge in [-0.15, -0.1) is 0 Å². The maximum atomic E-state index is 4.19. The Morgan fingerprint density at radius 2 is 2.22 bits per heavy atom. The lowest BCUT2D eigenvalue weighted by Gasteiger charge is -2.11. The first kappa shape index (κ1) is 12.9. The van der Waals surface area contributed by atoms with Crippen molar-refractivity contribution < 1.29 is 0 Å². The number of nitrogens with one attached hydrogen (secondary N) is 1. The van der Waals surface area contributed by atoms with Crippen molar-refractivity contribution in [1.29, 1.82) is 0 Å². The minimum Gasteiger partial charge on any atom is -0.350 e. The Morgan fingerprint density at radius 3 is 2.89 bits per heavy atom. The molecule has 0 aliphatic heterocycles. The van der Waals surface area contributed by atoms with Gasteiger partial charge in [-0.2, -0.15) is 5.10 Å². The van der Waals surface area contributed by atoms with Crippen LogP contribution in [0, 0.1) is 0 Å². The fourth-order valence-electron chi connectivity index (χ4n) is 1.99. The molecule has 2 aromatic rings. The maximum absolute atomic E-state index is 4.19. The molecule has 98 valence electrons. The van der Waals surface area contributed by atoms with Gasteiger partial charge in [-0.1, -0.05) is 13.8 Å². The van der Waals surface area contributed by atoms with Crippen LogP contribution in [0.4, 0.5) is 0 Å². The highest BCUT2D eigenvalue weighted by Gasteiger charge is 2.03. The molecule has 0 saturated carbocycles. The summed E-state index contributed by atoms with van der Waals surface area (Å²) in [7, 11) is 1.96. The Hall–Kier alpha value is -1.55. The number of aryl methyl sites for hydroxylation is 3. The van der Waals surface area contributed by atoms with Gasteiger partial charge in [0.25, 0.3) is 0 Å². The van der Waals surface area contributed by atoms with Gasteiger partial charge in [-0.25, -0.2) is 0 Å². The molecule has 2 rings (SSSR count). The van der Waals surface area contributed by atoms with E-state index in [1.54, 1.807) is 0 Å². The third kappa shape index (κ3) is 3.47. The van der Waals surface area contributed by atoms with Gasteiger partial charge < -0.3 is 9.88 Å². The van der Waals surface area contributed by atoms with E-state index in [0.29, 0.717) is 6.04 Å². The zero-order valence-electron chi connectivity index (χ0n) is 11.4. The summed E-state index contributed by atoms with van der Waals surface area (Å²) in [4.78, 5) is 0. The van der Waals surface area contributed by atoms with Crippen molar-refractivity contribution in [2.45, 2.75) is 39.4 Å². The van der Waals surface area contributed by atoms with Crippen LogP contribution in [0.2, 0.25) is 0 Å². The average Bonchev–Trinajstić information content (AvgIpc) is 2.92. The quantitative estimate of drug-likeness (QED) is 0.845. The molecule has 0 aliphatic rings. The number of aromatic nitrogens is 3. The van der Waals surface area contributed by atoms with Crippen molar-refractivity contribution in [1.82, 2.24) is 19.7 Å². The molecule has 0 saturated heterocycles. The van der Waals surface area contributed by atoms with E-state index < -0.39 is 0 Å². The van der Waals surface area contributed by atoms with Gasteiger partial charge in [-0.05, 0) is 24.1 Å². The van der Waals surface area contributed by atoms with E-state index in [2.05, 4.69) is 53.4 Å². The fourth-order valence-corrected chi connectivity index (χ4v) is 1.99. The summed E-state index contributed by atoms with van der Waals surface area (Å²) < 4.78 is 4.16. The molecule has 0 fully saturated rings. The Balaban J connectivity index is 1.91. The molecule has 18 heavy (non-hydrogen) atoms. The minimum atomic E-state index is 0.520. The Kier molecular flexibility index (Phi) is 4.20. The number of hydrogen-bond acceptors (Lipinski definition) is 2. The molecule has 0 bridgehead atoms. The van der Waals surface area contributed by atoms with Gasteiger partial charge in [0.05, 0.1) is 6.20 Å². The normalized spacial score (nSPS) is 11.3. The molecule has 0 aromatic carbocycles. The molecule has 0 aliphatic carbocycles. The lowest BCUT2D eigenvalue weighted by molar-refractivity contribution is 0.554. The zero-order valence-corrected chi connectivity index (χ0v) is 11.4. The van der Waals surface area contributed by atoms with Gasteiger partial charge >= 0.3 is 0 Å². The first-order valence-corrected chi connectivity index (χ1v) is 6.50. The molecule has 2 heterocycles. The topological polar surface area (TPSA) is 34.8 Å². The van der Waals surface area contributed by atoms with Gasteiger partial charge in [0.1, 0.15) is 0 Å². The Bertz CT molecular complexity index is 481. The maximum Gasteiger partial charge on any atom is 0.0522 e. The number of hydrogen-bond donors (Lipinski definition) is 1. The summed E-state index contributed by atoms with van der Waals surface area (Å²) in [6.45, 7) is 6.28. The average molecular weight is 246 g/mol. The second-order valence-corrected chi connectivity index (χ2v) is 5.00. The monoisotopic (exact) mass is 246 g/mol. The Labute approximate surface area is 109 Å². The van der Waals surface area contributed by atoms with Crippen LogP contribution in [0.1, 0.15) is 25.1 Å². The summed E-state index contributed by atoms with van der Waals surface area (Å²) >= 11 is 0. The number of rotatable bonds is 6. The molecule has 0 amide bonds. The van der Waals surface area contributed by atoms with E-state index in [9.17, 15) is 0 Å². The third-order valence-electron chi connectivity index (χ3n) is 3.01. The molecule has 0 spiro atoms. The van der Waals surface area contributed by atoms with Crippen molar-refractivity contribution in [2.75, 3.05) is 0 Å². The summed E-state index contributed by atoms with van der Waals surface area (Å²) in [6, 6.07) is 4.81. The van der Waals surface area contributed by atoms with Crippen LogP contribution in [0.3, 0.4) is 0 Å². The predicted molar refractivity (Wildman–Crippen MR) is 73.3 cm³/mol.